The Morgan fingerprint density at radius 1 is 1.38 bits per heavy atom. The zero-order valence-electron chi connectivity index (χ0n) is 8.80. The molecular formula is C12H10N2S2. The van der Waals surface area contributed by atoms with E-state index in [1.807, 2.05) is 24.5 Å². The number of hydrogen-bond acceptors (Lipinski definition) is 4. The molecule has 0 radical (unpaired) electrons. The van der Waals surface area contributed by atoms with E-state index in [4.69, 9.17) is 5.26 Å². The summed E-state index contributed by atoms with van der Waals surface area (Å²) in [5.41, 5.74) is 1.79. The van der Waals surface area contributed by atoms with Crippen LogP contribution < -0.4 is 0 Å². The van der Waals surface area contributed by atoms with Crippen molar-refractivity contribution < 1.29 is 0 Å². The van der Waals surface area contributed by atoms with E-state index < -0.39 is 0 Å². The number of thiazole rings is 1. The molecule has 1 heterocycles. The van der Waals surface area contributed by atoms with E-state index in [1.54, 1.807) is 23.1 Å². The van der Waals surface area contributed by atoms with E-state index in [9.17, 15) is 0 Å². The van der Waals surface area contributed by atoms with Crippen LogP contribution in [0.5, 0.6) is 0 Å². The Morgan fingerprint density at radius 2 is 2.12 bits per heavy atom. The largest absolute Gasteiger partial charge is 0.229 e. The minimum Gasteiger partial charge on any atom is -0.229 e. The third kappa shape index (κ3) is 2.43. The van der Waals surface area contributed by atoms with Crippen LogP contribution in [-0.4, -0.2) is 11.2 Å². The van der Waals surface area contributed by atoms with Gasteiger partial charge in [0.1, 0.15) is 6.07 Å². The Labute approximate surface area is 103 Å². The number of nitriles is 1. The lowest BCUT2D eigenvalue weighted by molar-refractivity contribution is 1.12. The Bertz CT molecular complexity index is 512. The van der Waals surface area contributed by atoms with Gasteiger partial charge in [-0.2, -0.15) is 5.26 Å². The first-order chi connectivity index (χ1) is 7.83. The van der Waals surface area contributed by atoms with Crippen LogP contribution in [0.15, 0.2) is 34.5 Å². The average Bonchev–Trinajstić information content (AvgIpc) is 2.72. The molecule has 0 N–H and O–H groups in total. The zero-order valence-corrected chi connectivity index (χ0v) is 10.4. The second kappa shape index (κ2) is 5.15. The number of hydrogen-bond donors (Lipinski definition) is 0. The van der Waals surface area contributed by atoms with Gasteiger partial charge in [0.15, 0.2) is 5.69 Å². The number of thioether (sulfide) groups is 1. The smallest absolute Gasteiger partial charge is 0.165 e. The van der Waals surface area contributed by atoms with Gasteiger partial charge in [0.25, 0.3) is 0 Å². The van der Waals surface area contributed by atoms with E-state index in [0.29, 0.717) is 5.69 Å². The highest BCUT2D eigenvalue weighted by atomic mass is 32.2. The molecule has 0 amide bonds. The van der Waals surface area contributed by atoms with Crippen LogP contribution in [0.4, 0.5) is 0 Å². The minimum atomic E-state index is 0.559. The van der Waals surface area contributed by atoms with Crippen LogP contribution in [0.2, 0.25) is 0 Å². The monoisotopic (exact) mass is 246 g/mol. The molecule has 0 spiro atoms. The average molecular weight is 246 g/mol. The van der Waals surface area contributed by atoms with Crippen LogP contribution in [0.3, 0.4) is 0 Å². The first-order valence-electron chi connectivity index (χ1n) is 4.81. The van der Waals surface area contributed by atoms with Crippen LogP contribution in [0, 0.1) is 11.3 Å². The van der Waals surface area contributed by atoms with E-state index in [1.165, 1.54) is 5.56 Å². The summed E-state index contributed by atoms with van der Waals surface area (Å²) < 4.78 is 1.01. The van der Waals surface area contributed by atoms with Crippen molar-refractivity contribution in [2.24, 2.45) is 0 Å². The predicted octanol–water partition coefficient (Wildman–Crippen LogP) is 3.33. The molecule has 16 heavy (non-hydrogen) atoms. The molecule has 4 heteroatoms. The number of benzene rings is 1. The van der Waals surface area contributed by atoms with E-state index in [-0.39, 0.29) is 0 Å². The third-order valence-corrected chi connectivity index (χ3v) is 4.29. The van der Waals surface area contributed by atoms with Gasteiger partial charge in [0.2, 0.25) is 0 Å². The molecule has 0 saturated heterocycles. The fraction of sp³-hybridized carbons (Fsp3) is 0.167. The summed E-state index contributed by atoms with van der Waals surface area (Å²) >= 11 is 3.19. The van der Waals surface area contributed by atoms with Crippen LogP contribution in [0.25, 0.3) is 0 Å². The molecule has 2 rings (SSSR count). The first kappa shape index (κ1) is 11.2. The van der Waals surface area contributed by atoms with Crippen molar-refractivity contribution in [2.45, 2.75) is 10.6 Å². The van der Waals surface area contributed by atoms with E-state index >= 15 is 0 Å². The van der Waals surface area contributed by atoms with Crippen molar-refractivity contribution in [2.75, 3.05) is 6.26 Å². The maximum absolute atomic E-state index is 8.91. The first-order valence-corrected chi connectivity index (χ1v) is 6.85. The van der Waals surface area contributed by atoms with Gasteiger partial charge in [-0.3, -0.25) is 0 Å². The maximum atomic E-state index is 8.91. The molecule has 0 aliphatic rings. The normalized spacial score (nSPS) is 10.0. The van der Waals surface area contributed by atoms with Crippen molar-refractivity contribution in [3.8, 4) is 6.07 Å². The summed E-state index contributed by atoms with van der Waals surface area (Å²) in [4.78, 5) is 4.33. The van der Waals surface area contributed by atoms with Crippen molar-refractivity contribution in [1.29, 1.82) is 5.26 Å². The fourth-order valence-electron chi connectivity index (χ4n) is 1.40. The Balaban J connectivity index is 2.23. The summed E-state index contributed by atoms with van der Waals surface area (Å²) in [6, 6.07) is 12.3. The lowest BCUT2D eigenvalue weighted by Crippen LogP contribution is -1.86. The van der Waals surface area contributed by atoms with Gasteiger partial charge in [0, 0.05) is 6.42 Å². The minimum absolute atomic E-state index is 0.559. The van der Waals surface area contributed by atoms with E-state index in [0.717, 1.165) is 15.6 Å². The topological polar surface area (TPSA) is 36.7 Å². The van der Waals surface area contributed by atoms with Gasteiger partial charge >= 0.3 is 0 Å². The van der Waals surface area contributed by atoms with Crippen LogP contribution >= 0.6 is 23.1 Å². The molecular weight excluding hydrogens is 236 g/mol. The predicted molar refractivity (Wildman–Crippen MR) is 67.9 cm³/mol. The molecule has 0 atom stereocenters. The highest BCUT2D eigenvalue weighted by Crippen LogP contribution is 2.28. The lowest BCUT2D eigenvalue weighted by Gasteiger charge is -1.95. The van der Waals surface area contributed by atoms with Gasteiger partial charge in [-0.25, -0.2) is 4.98 Å². The summed E-state index contributed by atoms with van der Waals surface area (Å²) in [6.45, 7) is 0. The maximum Gasteiger partial charge on any atom is 0.165 e. The highest BCUT2D eigenvalue weighted by Gasteiger charge is 2.09. The van der Waals surface area contributed by atoms with Crippen LogP contribution in [0.1, 0.15) is 16.3 Å². The van der Waals surface area contributed by atoms with Gasteiger partial charge in [-0.05, 0) is 11.8 Å². The summed E-state index contributed by atoms with van der Waals surface area (Å²) in [7, 11) is 0. The molecule has 0 fully saturated rings. The quantitative estimate of drug-likeness (QED) is 0.779. The molecule has 2 nitrogen and oxygen atoms in total. The summed E-state index contributed by atoms with van der Waals surface area (Å²) in [6.07, 6.45) is 2.78. The molecule has 1 aromatic carbocycles. The molecule has 1 aromatic heterocycles. The standard InChI is InChI=1S/C12H10N2S2/c1-15-12-10(8-13)14-11(16-12)7-9-5-3-2-4-6-9/h2-6H,7H2,1H3. The van der Waals surface area contributed by atoms with Crippen molar-refractivity contribution in [1.82, 2.24) is 4.98 Å². The Kier molecular flexibility index (Phi) is 3.60. The lowest BCUT2D eigenvalue weighted by atomic mass is 10.2. The van der Waals surface area contributed by atoms with Crippen LogP contribution in [-0.2, 0) is 6.42 Å². The van der Waals surface area contributed by atoms with Gasteiger partial charge in [-0.15, -0.1) is 23.1 Å². The molecule has 0 bridgehead atoms. The van der Waals surface area contributed by atoms with Gasteiger partial charge < -0.3 is 0 Å². The van der Waals surface area contributed by atoms with E-state index in [2.05, 4.69) is 23.2 Å². The third-order valence-electron chi connectivity index (χ3n) is 2.13. The zero-order chi connectivity index (χ0) is 11.4. The summed E-state index contributed by atoms with van der Waals surface area (Å²) in [5, 5.41) is 9.92. The second-order valence-corrected chi connectivity index (χ2v) is 5.38. The van der Waals surface area contributed by atoms with Gasteiger partial charge in [0.05, 0.1) is 9.22 Å². The Hall–Kier alpha value is -1.31. The van der Waals surface area contributed by atoms with Crippen molar-refractivity contribution in [3.05, 3.63) is 46.6 Å². The second-order valence-electron chi connectivity index (χ2n) is 3.22. The molecule has 0 aliphatic carbocycles. The molecule has 0 aliphatic heterocycles. The molecule has 80 valence electrons. The Morgan fingerprint density at radius 3 is 2.69 bits per heavy atom. The summed E-state index contributed by atoms with van der Waals surface area (Å²) in [5.74, 6) is 0. The molecule has 2 aromatic rings. The number of aromatic nitrogens is 1. The number of rotatable bonds is 3. The van der Waals surface area contributed by atoms with Crippen molar-refractivity contribution in [3.63, 3.8) is 0 Å². The highest BCUT2D eigenvalue weighted by molar-refractivity contribution is 8.00. The number of nitrogens with zero attached hydrogens (tertiary/aromatic N) is 2. The molecule has 0 unspecified atom stereocenters. The SMILES string of the molecule is CSc1sc(Cc2ccccc2)nc1C#N. The van der Waals surface area contributed by atoms with Gasteiger partial charge in [-0.1, -0.05) is 30.3 Å². The fourth-order valence-corrected chi connectivity index (χ4v) is 3.09. The molecule has 0 saturated carbocycles. The van der Waals surface area contributed by atoms with Crippen molar-refractivity contribution >= 4 is 23.1 Å².